The second kappa shape index (κ2) is 10.4. The number of benzene rings is 1. The van der Waals surface area contributed by atoms with Gasteiger partial charge in [0.15, 0.2) is 11.5 Å². The van der Waals surface area contributed by atoms with Crippen molar-refractivity contribution in [1.82, 2.24) is 0 Å². The first-order valence-electron chi connectivity index (χ1n) is 9.76. The van der Waals surface area contributed by atoms with E-state index >= 15 is 0 Å². The molecule has 9 heteroatoms. The summed E-state index contributed by atoms with van der Waals surface area (Å²) < 4.78 is 20.8. The van der Waals surface area contributed by atoms with Crippen molar-refractivity contribution in [3.63, 3.8) is 0 Å². The fraction of sp³-hybridized carbons (Fsp3) is 0.619. The Bertz CT molecular complexity index is 731. The third-order valence-electron chi connectivity index (χ3n) is 5.30. The maximum Gasteiger partial charge on any atom is 0.543 e. The van der Waals surface area contributed by atoms with Crippen LogP contribution in [0.4, 0.5) is 4.79 Å². The summed E-state index contributed by atoms with van der Waals surface area (Å²) >= 11 is 0. The van der Waals surface area contributed by atoms with E-state index in [1.165, 1.54) is 33.5 Å². The summed E-state index contributed by atoms with van der Waals surface area (Å²) in [5.41, 5.74) is 0.223. The standard InChI is InChI=1S/C21H30O9/c1-21(2,3)13-7-9-14(10-8-13)27-20(23)29-30-28-19(22)15-11-12-16(24-4)18(26-6)17(15)25-5/h11-14H,7-10H2,1-6H3. The highest BCUT2D eigenvalue weighted by molar-refractivity contribution is 5.93. The molecule has 0 unspecified atom stereocenters. The first kappa shape index (κ1) is 23.6. The van der Waals surface area contributed by atoms with Crippen LogP contribution in [-0.2, 0) is 19.6 Å². The highest BCUT2D eigenvalue weighted by Crippen LogP contribution is 2.40. The van der Waals surface area contributed by atoms with E-state index in [0.717, 1.165) is 25.7 Å². The van der Waals surface area contributed by atoms with E-state index < -0.39 is 12.1 Å². The molecule has 0 aliphatic heterocycles. The lowest BCUT2D eigenvalue weighted by Gasteiger charge is -2.36. The Labute approximate surface area is 176 Å². The van der Waals surface area contributed by atoms with E-state index in [1.807, 2.05) is 0 Å². The zero-order valence-electron chi connectivity index (χ0n) is 18.3. The van der Waals surface area contributed by atoms with Gasteiger partial charge in [-0.15, -0.1) is 0 Å². The summed E-state index contributed by atoms with van der Waals surface area (Å²) in [4.78, 5) is 33.0. The lowest BCUT2D eigenvalue weighted by molar-refractivity contribution is -0.453. The maximum atomic E-state index is 12.2. The lowest BCUT2D eigenvalue weighted by Crippen LogP contribution is -2.30. The van der Waals surface area contributed by atoms with E-state index in [1.54, 1.807) is 0 Å². The molecule has 0 saturated heterocycles. The van der Waals surface area contributed by atoms with Gasteiger partial charge in [0.25, 0.3) is 0 Å². The molecule has 0 bridgehead atoms. The largest absolute Gasteiger partial charge is 0.543 e. The summed E-state index contributed by atoms with van der Waals surface area (Å²) in [6.07, 6.45) is 2.12. The van der Waals surface area contributed by atoms with E-state index in [-0.39, 0.29) is 28.6 Å². The molecule has 0 heterocycles. The van der Waals surface area contributed by atoms with Crippen LogP contribution >= 0.6 is 0 Å². The van der Waals surface area contributed by atoms with Gasteiger partial charge in [0.05, 0.1) is 26.4 Å². The normalized spacial score (nSPS) is 18.9. The van der Waals surface area contributed by atoms with Gasteiger partial charge in [0.2, 0.25) is 5.75 Å². The van der Waals surface area contributed by atoms with E-state index in [4.69, 9.17) is 18.9 Å². The molecule has 0 amide bonds. The predicted octanol–water partition coefficient (Wildman–Crippen LogP) is 4.47. The second-order valence-electron chi connectivity index (χ2n) is 8.11. The Hall–Kier alpha value is -2.68. The average molecular weight is 426 g/mol. The van der Waals surface area contributed by atoms with Gasteiger partial charge < -0.3 is 18.9 Å². The monoisotopic (exact) mass is 426 g/mol. The Morgan fingerprint density at radius 3 is 2.03 bits per heavy atom. The second-order valence-corrected chi connectivity index (χ2v) is 8.11. The third kappa shape index (κ3) is 5.91. The Kier molecular flexibility index (Phi) is 8.16. The highest BCUT2D eigenvalue weighted by Gasteiger charge is 2.31. The molecule has 30 heavy (non-hydrogen) atoms. The summed E-state index contributed by atoms with van der Waals surface area (Å²) in [6.45, 7) is 6.63. The van der Waals surface area contributed by atoms with Crippen molar-refractivity contribution < 1.29 is 43.3 Å². The molecule has 1 fully saturated rings. The minimum Gasteiger partial charge on any atom is -0.493 e. The minimum absolute atomic E-state index is 0.00683. The first-order valence-corrected chi connectivity index (χ1v) is 9.76. The number of hydrogen-bond donors (Lipinski definition) is 0. The van der Waals surface area contributed by atoms with Gasteiger partial charge in [0.1, 0.15) is 11.7 Å². The van der Waals surface area contributed by atoms with Crippen LogP contribution in [0.15, 0.2) is 12.1 Å². The Balaban J connectivity index is 1.83. The Morgan fingerprint density at radius 1 is 0.867 bits per heavy atom. The third-order valence-corrected chi connectivity index (χ3v) is 5.30. The molecule has 168 valence electrons. The summed E-state index contributed by atoms with van der Waals surface area (Å²) in [7, 11) is 4.21. The van der Waals surface area contributed by atoms with Crippen LogP contribution in [-0.4, -0.2) is 39.6 Å². The number of rotatable bonds is 7. The van der Waals surface area contributed by atoms with Crippen LogP contribution in [0.5, 0.6) is 17.2 Å². The molecule has 1 aliphatic rings. The number of ether oxygens (including phenoxy) is 4. The summed E-state index contributed by atoms with van der Waals surface area (Å²) in [6, 6.07) is 2.90. The molecule has 0 aromatic heterocycles. The van der Waals surface area contributed by atoms with Gasteiger partial charge >= 0.3 is 12.1 Å². The van der Waals surface area contributed by atoms with Gasteiger partial charge in [-0.3, -0.25) is 4.89 Å². The zero-order valence-corrected chi connectivity index (χ0v) is 18.3. The molecule has 0 atom stereocenters. The average Bonchev–Trinajstić information content (AvgIpc) is 2.71. The van der Waals surface area contributed by atoms with Crippen LogP contribution in [0.2, 0.25) is 0 Å². The SMILES string of the molecule is COc1ccc(C(=O)OOOC(=O)OC2CCC(C(C)(C)C)CC2)c(OC)c1OC. The van der Waals surface area contributed by atoms with Gasteiger partial charge in [-0.1, -0.05) is 20.8 Å². The predicted molar refractivity (Wildman–Crippen MR) is 105 cm³/mol. The van der Waals surface area contributed by atoms with Crippen molar-refractivity contribution in [3.8, 4) is 17.2 Å². The van der Waals surface area contributed by atoms with Crippen LogP contribution in [0, 0.1) is 11.3 Å². The van der Waals surface area contributed by atoms with Crippen molar-refractivity contribution in [2.24, 2.45) is 11.3 Å². The molecule has 1 aromatic carbocycles. The van der Waals surface area contributed by atoms with Crippen LogP contribution in [0.25, 0.3) is 0 Å². The van der Waals surface area contributed by atoms with Crippen molar-refractivity contribution >= 4 is 12.1 Å². The molecule has 1 aromatic rings. The molecular weight excluding hydrogens is 396 g/mol. The van der Waals surface area contributed by atoms with Crippen molar-refractivity contribution in [2.45, 2.75) is 52.6 Å². The smallest absolute Gasteiger partial charge is 0.493 e. The van der Waals surface area contributed by atoms with Gasteiger partial charge in [-0.05, 0) is 49.1 Å². The maximum absolute atomic E-state index is 12.2. The Morgan fingerprint density at radius 2 is 1.50 bits per heavy atom. The number of carbonyl (C=O) groups is 2. The minimum atomic E-state index is -1.07. The van der Waals surface area contributed by atoms with Gasteiger partial charge in [-0.25, -0.2) is 14.5 Å². The highest BCUT2D eigenvalue weighted by atomic mass is 17.5. The topological polar surface area (TPSA) is 98.8 Å². The van der Waals surface area contributed by atoms with Gasteiger partial charge in [0, 0.05) is 0 Å². The molecule has 0 radical (unpaired) electrons. The summed E-state index contributed by atoms with van der Waals surface area (Å²) in [5.74, 6) is 0.297. The number of hydrogen-bond acceptors (Lipinski definition) is 9. The lowest BCUT2D eigenvalue weighted by atomic mass is 9.72. The summed E-state index contributed by atoms with van der Waals surface area (Å²) in [5, 5.41) is 4.31. The fourth-order valence-electron chi connectivity index (χ4n) is 3.59. The molecular formula is C21H30O9. The van der Waals surface area contributed by atoms with Crippen LogP contribution < -0.4 is 14.2 Å². The van der Waals surface area contributed by atoms with E-state index in [9.17, 15) is 9.59 Å². The molecule has 2 rings (SSSR count). The number of carbonyl (C=O) groups excluding carboxylic acids is 2. The quantitative estimate of drug-likeness (QED) is 0.355. The fourth-order valence-corrected chi connectivity index (χ4v) is 3.59. The molecule has 0 spiro atoms. The molecule has 9 nitrogen and oxygen atoms in total. The van der Waals surface area contributed by atoms with Crippen molar-refractivity contribution in [3.05, 3.63) is 17.7 Å². The number of methoxy groups -OCH3 is 3. The molecule has 1 saturated carbocycles. The van der Waals surface area contributed by atoms with Crippen molar-refractivity contribution in [2.75, 3.05) is 21.3 Å². The van der Waals surface area contributed by atoms with Crippen LogP contribution in [0.1, 0.15) is 56.8 Å². The van der Waals surface area contributed by atoms with E-state index in [0.29, 0.717) is 11.7 Å². The van der Waals surface area contributed by atoms with Gasteiger partial charge in [-0.2, -0.15) is 0 Å². The first-order chi connectivity index (χ1) is 14.2. The van der Waals surface area contributed by atoms with E-state index in [2.05, 4.69) is 35.6 Å². The zero-order chi connectivity index (χ0) is 22.3. The van der Waals surface area contributed by atoms with Crippen molar-refractivity contribution in [1.29, 1.82) is 0 Å². The molecule has 0 N–H and O–H groups in total. The molecule has 1 aliphatic carbocycles. The van der Waals surface area contributed by atoms with Crippen LogP contribution in [0.3, 0.4) is 0 Å².